The normalized spacial score (nSPS) is 24.8. The van der Waals surface area contributed by atoms with E-state index in [9.17, 15) is 14.9 Å². The molecule has 0 aromatic heterocycles. The van der Waals surface area contributed by atoms with Gasteiger partial charge in [0, 0.05) is 9.67 Å². The Bertz CT molecular complexity index is 463. The molecule has 1 heterocycles. The average Bonchev–Trinajstić information content (AvgIpc) is 2.76. The zero-order valence-corrected chi connectivity index (χ0v) is 14.4. The lowest BCUT2D eigenvalue weighted by atomic mass is 9.77. The summed E-state index contributed by atoms with van der Waals surface area (Å²) in [5, 5.41) is 11.0. The molecule has 0 amide bonds. The van der Waals surface area contributed by atoms with Crippen LogP contribution in [0.15, 0.2) is 11.0 Å². The van der Waals surface area contributed by atoms with E-state index in [0.717, 1.165) is 25.7 Å². The molecule has 1 aliphatic carbocycles. The Morgan fingerprint density at radius 1 is 1.36 bits per heavy atom. The van der Waals surface area contributed by atoms with Crippen LogP contribution in [-0.2, 0) is 9.53 Å². The molecule has 1 aliphatic heterocycles. The van der Waals surface area contributed by atoms with Gasteiger partial charge < -0.3 is 4.74 Å². The topological polar surface area (TPSA) is 69.4 Å². The Kier molecular flexibility index (Phi) is 5.53. The maximum Gasteiger partial charge on any atom is 0.345 e. The van der Waals surface area contributed by atoms with E-state index in [0.29, 0.717) is 4.91 Å². The maximum atomic E-state index is 12.1. The number of carbonyl (C=O) groups excluding carboxylic acids is 1. The number of hydrogen-bond acceptors (Lipinski definition) is 5. The van der Waals surface area contributed by atoms with Crippen LogP contribution < -0.4 is 0 Å². The third kappa shape index (κ3) is 4.73. The van der Waals surface area contributed by atoms with Crippen LogP contribution in [0.5, 0.6) is 0 Å². The van der Waals surface area contributed by atoms with Crippen molar-refractivity contribution in [1.82, 2.24) is 0 Å². The Hall–Kier alpha value is -1.04. The summed E-state index contributed by atoms with van der Waals surface area (Å²) in [5.41, 5.74) is 0. The Balaban J connectivity index is 2.13. The Labute approximate surface area is 136 Å². The van der Waals surface area contributed by atoms with Crippen molar-refractivity contribution in [2.24, 2.45) is 11.8 Å². The minimum Gasteiger partial charge on any atom is -0.454 e. The van der Waals surface area contributed by atoms with Gasteiger partial charge >= 0.3 is 5.97 Å². The first-order chi connectivity index (χ1) is 10.3. The molecule has 2 atom stereocenters. The van der Waals surface area contributed by atoms with Crippen LogP contribution in [0.3, 0.4) is 0 Å². The first kappa shape index (κ1) is 17.3. The summed E-state index contributed by atoms with van der Waals surface area (Å²) in [6.07, 6.45) is 6.82. The zero-order chi connectivity index (χ0) is 16.3. The fourth-order valence-electron chi connectivity index (χ4n) is 3.31. The molecule has 0 aromatic carbocycles. The fourth-order valence-corrected chi connectivity index (χ4v) is 4.30. The van der Waals surface area contributed by atoms with Crippen LogP contribution >= 0.6 is 11.8 Å². The van der Waals surface area contributed by atoms with Crippen LogP contribution in [0.25, 0.3) is 0 Å². The van der Waals surface area contributed by atoms with E-state index in [2.05, 4.69) is 0 Å². The molecular weight excluding hydrogens is 302 g/mol. The lowest BCUT2D eigenvalue weighted by Gasteiger charge is -2.30. The number of carbonyl (C=O) groups is 1. The molecule has 1 saturated carbocycles. The first-order valence-corrected chi connectivity index (χ1v) is 8.81. The van der Waals surface area contributed by atoms with Gasteiger partial charge in [0.25, 0.3) is 0 Å². The van der Waals surface area contributed by atoms with Crippen LogP contribution in [0.4, 0.5) is 0 Å². The molecule has 124 valence electrons. The molecule has 2 aliphatic rings. The molecule has 0 radical (unpaired) electrons. The Morgan fingerprint density at radius 2 is 2.00 bits per heavy atom. The van der Waals surface area contributed by atoms with Crippen LogP contribution in [-0.4, -0.2) is 28.3 Å². The van der Waals surface area contributed by atoms with Gasteiger partial charge in [-0.25, -0.2) is 4.79 Å². The van der Waals surface area contributed by atoms with Crippen LogP contribution in [0.2, 0.25) is 0 Å². The third-order valence-electron chi connectivity index (χ3n) is 4.21. The highest BCUT2D eigenvalue weighted by Gasteiger charge is 2.40. The highest BCUT2D eigenvalue weighted by Crippen LogP contribution is 2.40. The molecule has 2 rings (SSSR count). The summed E-state index contributed by atoms with van der Waals surface area (Å²) in [5.74, 6) is -0.237. The molecule has 6 heteroatoms. The number of thioether (sulfide) groups is 1. The van der Waals surface area contributed by atoms with Crippen molar-refractivity contribution in [3.8, 4) is 0 Å². The molecule has 0 aromatic rings. The molecule has 0 unspecified atom stereocenters. The van der Waals surface area contributed by atoms with E-state index in [-0.39, 0.29) is 34.0 Å². The second-order valence-electron chi connectivity index (χ2n) is 7.19. The lowest BCUT2D eigenvalue weighted by Crippen LogP contribution is -2.34. The lowest BCUT2D eigenvalue weighted by molar-refractivity contribution is -0.492. The van der Waals surface area contributed by atoms with E-state index in [1.807, 2.05) is 26.8 Å². The van der Waals surface area contributed by atoms with Crippen LogP contribution in [0, 0.1) is 22.0 Å². The number of ether oxygens (including phenoxy) is 1. The van der Waals surface area contributed by atoms with Crippen molar-refractivity contribution in [3.63, 3.8) is 0 Å². The number of nitro groups is 1. The van der Waals surface area contributed by atoms with Crippen molar-refractivity contribution in [1.29, 1.82) is 0 Å². The van der Waals surface area contributed by atoms with Gasteiger partial charge in [0.05, 0.1) is 10.8 Å². The number of rotatable bonds is 5. The summed E-state index contributed by atoms with van der Waals surface area (Å²) in [4.78, 5) is 23.4. The monoisotopic (exact) mass is 327 g/mol. The van der Waals surface area contributed by atoms with Crippen molar-refractivity contribution >= 4 is 17.7 Å². The van der Waals surface area contributed by atoms with Crippen molar-refractivity contribution in [2.45, 2.75) is 63.7 Å². The summed E-state index contributed by atoms with van der Waals surface area (Å²) in [6.45, 7) is 5.99. The predicted molar refractivity (Wildman–Crippen MR) is 87.2 cm³/mol. The summed E-state index contributed by atoms with van der Waals surface area (Å²) in [6, 6.07) is 0. The predicted octanol–water partition coefficient (Wildman–Crippen LogP) is 3.80. The number of esters is 1. The molecule has 0 spiro atoms. The van der Waals surface area contributed by atoms with Gasteiger partial charge in [-0.15, -0.1) is 11.8 Å². The quantitative estimate of drug-likeness (QED) is 0.436. The van der Waals surface area contributed by atoms with Gasteiger partial charge in [-0.2, -0.15) is 0 Å². The Morgan fingerprint density at radius 3 is 2.55 bits per heavy atom. The molecule has 0 N–H and O–H groups in total. The maximum absolute atomic E-state index is 12.1. The summed E-state index contributed by atoms with van der Waals surface area (Å²) >= 11 is 1.48. The second kappa shape index (κ2) is 7.02. The third-order valence-corrected chi connectivity index (χ3v) is 5.35. The van der Waals surface area contributed by atoms with Gasteiger partial charge in [-0.05, 0) is 24.8 Å². The molecule has 5 nitrogen and oxygen atoms in total. The number of nitrogens with zero attached hydrogens (tertiary/aromatic N) is 1. The van der Waals surface area contributed by atoms with Gasteiger partial charge in [-0.3, -0.25) is 10.1 Å². The largest absolute Gasteiger partial charge is 0.454 e. The van der Waals surface area contributed by atoms with Crippen molar-refractivity contribution in [3.05, 3.63) is 21.1 Å². The average molecular weight is 327 g/mol. The summed E-state index contributed by atoms with van der Waals surface area (Å²) in [7, 11) is 0. The summed E-state index contributed by atoms with van der Waals surface area (Å²) < 4.78 is 5.40. The zero-order valence-electron chi connectivity index (χ0n) is 13.5. The van der Waals surface area contributed by atoms with Gasteiger partial charge in [0.15, 0.2) is 0 Å². The van der Waals surface area contributed by atoms with E-state index in [1.165, 1.54) is 18.2 Å². The minimum atomic E-state index is -0.439. The fraction of sp³-hybridized carbons (Fsp3) is 0.812. The molecule has 0 bridgehead atoms. The SMILES string of the molecule is CC(C)(C)SC1=C[C@H]([C@@H](C[N+](=O)[O-])C2CCCCC2)OC1=O. The van der Waals surface area contributed by atoms with Gasteiger partial charge in [0.2, 0.25) is 6.54 Å². The molecule has 22 heavy (non-hydrogen) atoms. The minimum absolute atomic E-state index is 0.0802. The first-order valence-electron chi connectivity index (χ1n) is 8.00. The van der Waals surface area contributed by atoms with Crippen LogP contribution in [0.1, 0.15) is 52.9 Å². The van der Waals surface area contributed by atoms with Crippen molar-refractivity contribution in [2.75, 3.05) is 6.54 Å². The van der Waals surface area contributed by atoms with Gasteiger partial charge in [0.1, 0.15) is 6.10 Å². The number of cyclic esters (lactones) is 1. The van der Waals surface area contributed by atoms with E-state index in [1.54, 1.807) is 0 Å². The van der Waals surface area contributed by atoms with Crippen molar-refractivity contribution < 1.29 is 14.5 Å². The van der Waals surface area contributed by atoms with E-state index in [4.69, 9.17) is 4.74 Å². The van der Waals surface area contributed by atoms with E-state index < -0.39 is 6.10 Å². The van der Waals surface area contributed by atoms with Gasteiger partial charge in [-0.1, -0.05) is 40.0 Å². The standard InChI is InChI=1S/C16H25NO4S/c1-16(2,3)22-14-9-13(21-15(14)18)12(10-17(19)20)11-7-5-4-6-8-11/h9,11-13H,4-8,10H2,1-3H3/t12-,13+/m0/s1. The molecule has 0 saturated heterocycles. The van der Waals surface area contributed by atoms with E-state index >= 15 is 0 Å². The molecule has 1 fully saturated rings. The highest BCUT2D eigenvalue weighted by molar-refractivity contribution is 8.05. The smallest absolute Gasteiger partial charge is 0.345 e. The molecular formula is C16H25NO4S. The highest BCUT2D eigenvalue weighted by atomic mass is 32.2. The second-order valence-corrected chi connectivity index (χ2v) is 9.06. The number of hydrogen-bond donors (Lipinski definition) is 0.